The quantitative estimate of drug-likeness (QED) is 0.525. The molecule has 1 aliphatic rings. The molecule has 0 spiro atoms. The number of thiophene rings is 1. The lowest BCUT2D eigenvalue weighted by Gasteiger charge is -2.44. The van der Waals surface area contributed by atoms with Gasteiger partial charge in [0.15, 0.2) is 0 Å². The molecule has 3 aromatic rings. The highest BCUT2D eigenvalue weighted by atomic mass is 32.1. The Bertz CT molecular complexity index is 952. The summed E-state index contributed by atoms with van der Waals surface area (Å²) in [5.41, 5.74) is 3.45. The zero-order valence-electron chi connectivity index (χ0n) is 17.5. The van der Waals surface area contributed by atoms with Gasteiger partial charge in [-0.1, -0.05) is 60.7 Å². The molecular weight excluding hydrogens is 390 g/mol. The number of carbonyl (C=O) groups is 1. The van der Waals surface area contributed by atoms with Crippen LogP contribution < -0.4 is 0 Å². The fraction of sp³-hybridized carbons (Fsp3) is 0.346. The van der Waals surface area contributed by atoms with Crippen molar-refractivity contribution in [3.8, 4) is 10.4 Å². The largest absolute Gasteiger partial charge is 0.396 e. The molecule has 1 unspecified atom stereocenters. The highest BCUT2D eigenvalue weighted by molar-refractivity contribution is 7.13. The summed E-state index contributed by atoms with van der Waals surface area (Å²) in [6.07, 6.45) is 3.01. The van der Waals surface area contributed by atoms with E-state index in [1.165, 1.54) is 21.6 Å². The molecule has 30 heavy (non-hydrogen) atoms. The molecule has 0 radical (unpaired) electrons. The van der Waals surface area contributed by atoms with Gasteiger partial charge < -0.3 is 10.0 Å². The number of aliphatic hydroxyl groups excluding tert-OH is 1. The van der Waals surface area contributed by atoms with E-state index in [0.717, 1.165) is 25.8 Å². The van der Waals surface area contributed by atoms with Crippen molar-refractivity contribution >= 4 is 17.2 Å². The van der Waals surface area contributed by atoms with Crippen LogP contribution in [0.3, 0.4) is 0 Å². The van der Waals surface area contributed by atoms with Crippen molar-refractivity contribution in [1.82, 2.24) is 4.90 Å². The predicted octanol–water partition coefficient (Wildman–Crippen LogP) is 5.81. The van der Waals surface area contributed by atoms with E-state index in [1.807, 2.05) is 23.1 Å². The van der Waals surface area contributed by atoms with Gasteiger partial charge in [-0.2, -0.15) is 0 Å². The lowest BCUT2D eigenvalue weighted by atomic mass is 9.69. The Balaban J connectivity index is 1.51. The number of piperidine rings is 1. The molecule has 0 bridgehead atoms. The van der Waals surface area contributed by atoms with Crippen LogP contribution >= 0.6 is 11.3 Å². The van der Waals surface area contributed by atoms with Gasteiger partial charge in [-0.15, -0.1) is 11.3 Å². The minimum atomic E-state index is -0.166. The van der Waals surface area contributed by atoms with Crippen LogP contribution in [0.2, 0.25) is 0 Å². The van der Waals surface area contributed by atoms with Gasteiger partial charge in [0.1, 0.15) is 0 Å². The number of amides is 1. The SMILES string of the molecule is C[C@@H](c1ccc(-c2cccs2)cc1)N1CCC(CCCO)(c2ccccc2)CC1=O. The van der Waals surface area contributed by atoms with E-state index in [9.17, 15) is 9.90 Å². The molecule has 1 amide bonds. The van der Waals surface area contributed by atoms with Crippen molar-refractivity contribution in [3.63, 3.8) is 0 Å². The molecule has 1 saturated heterocycles. The average Bonchev–Trinajstić information content (AvgIpc) is 3.33. The predicted molar refractivity (Wildman–Crippen MR) is 124 cm³/mol. The summed E-state index contributed by atoms with van der Waals surface area (Å²) < 4.78 is 0. The van der Waals surface area contributed by atoms with Crippen molar-refractivity contribution in [2.24, 2.45) is 0 Å². The number of rotatable bonds is 7. The molecule has 1 aliphatic heterocycles. The second-order valence-corrected chi connectivity index (χ2v) is 9.21. The van der Waals surface area contributed by atoms with Crippen LogP contribution in [0.4, 0.5) is 0 Å². The highest BCUT2D eigenvalue weighted by Crippen LogP contribution is 2.42. The highest BCUT2D eigenvalue weighted by Gasteiger charge is 2.41. The lowest BCUT2D eigenvalue weighted by molar-refractivity contribution is -0.138. The maximum atomic E-state index is 13.3. The number of likely N-dealkylation sites (tertiary alicyclic amines) is 1. The standard InChI is InChI=1S/C26H29NO2S/c1-20(21-10-12-22(13-11-21)24-9-5-18-30-24)27-16-15-26(14-6-17-28,19-25(27)29)23-7-3-2-4-8-23/h2-5,7-13,18,20,28H,6,14-17,19H2,1H3/t20-,26?/m0/s1. The molecule has 0 saturated carbocycles. The summed E-state index contributed by atoms with van der Waals surface area (Å²) in [6, 6.07) is 23.2. The maximum Gasteiger partial charge on any atom is 0.223 e. The van der Waals surface area contributed by atoms with Crippen LogP contribution in [-0.4, -0.2) is 29.1 Å². The van der Waals surface area contributed by atoms with Gasteiger partial charge >= 0.3 is 0 Å². The Hall–Kier alpha value is -2.43. The van der Waals surface area contributed by atoms with Gasteiger partial charge in [-0.25, -0.2) is 0 Å². The third-order valence-corrected chi connectivity index (χ3v) is 7.43. The molecule has 1 fully saturated rings. The van der Waals surface area contributed by atoms with Crippen molar-refractivity contribution in [3.05, 3.63) is 83.2 Å². The first-order valence-corrected chi connectivity index (χ1v) is 11.6. The van der Waals surface area contributed by atoms with E-state index in [0.29, 0.717) is 6.42 Å². The first-order chi connectivity index (χ1) is 14.6. The second-order valence-electron chi connectivity index (χ2n) is 8.26. The van der Waals surface area contributed by atoms with Gasteiger partial charge in [-0.05, 0) is 54.3 Å². The molecule has 3 nitrogen and oxygen atoms in total. The third kappa shape index (κ3) is 4.21. The van der Waals surface area contributed by atoms with Gasteiger partial charge in [0.05, 0.1) is 6.04 Å². The number of carbonyl (C=O) groups excluding carboxylic acids is 1. The van der Waals surface area contributed by atoms with Crippen molar-refractivity contribution in [2.45, 2.75) is 44.1 Å². The number of benzene rings is 2. The van der Waals surface area contributed by atoms with E-state index in [1.54, 1.807) is 11.3 Å². The Morgan fingerprint density at radius 3 is 2.47 bits per heavy atom. The van der Waals surface area contributed by atoms with E-state index in [-0.39, 0.29) is 24.0 Å². The van der Waals surface area contributed by atoms with E-state index in [4.69, 9.17) is 0 Å². The fourth-order valence-corrected chi connectivity index (χ4v) is 5.44. The van der Waals surface area contributed by atoms with Crippen LogP contribution in [0.5, 0.6) is 0 Å². The van der Waals surface area contributed by atoms with Gasteiger partial charge in [0, 0.05) is 29.9 Å². The smallest absolute Gasteiger partial charge is 0.223 e. The molecular formula is C26H29NO2S. The summed E-state index contributed by atoms with van der Waals surface area (Å²) >= 11 is 1.74. The summed E-state index contributed by atoms with van der Waals surface area (Å²) in [7, 11) is 0. The molecule has 4 rings (SSSR count). The number of hydrogen-bond donors (Lipinski definition) is 1. The normalized spacial score (nSPS) is 20.3. The summed E-state index contributed by atoms with van der Waals surface area (Å²) in [5.74, 6) is 0.206. The monoisotopic (exact) mass is 419 g/mol. The summed E-state index contributed by atoms with van der Waals surface area (Å²) in [6.45, 7) is 3.04. The Labute approximate surface area is 183 Å². The molecule has 2 aromatic carbocycles. The van der Waals surface area contributed by atoms with Crippen LogP contribution in [-0.2, 0) is 10.2 Å². The molecule has 156 valence electrons. The van der Waals surface area contributed by atoms with Crippen LogP contribution in [0.15, 0.2) is 72.1 Å². The maximum absolute atomic E-state index is 13.3. The van der Waals surface area contributed by atoms with E-state index < -0.39 is 0 Å². The minimum Gasteiger partial charge on any atom is -0.396 e. The van der Waals surface area contributed by atoms with Gasteiger partial charge in [-0.3, -0.25) is 4.79 Å². The zero-order valence-corrected chi connectivity index (χ0v) is 18.3. The Morgan fingerprint density at radius 1 is 1.07 bits per heavy atom. The summed E-state index contributed by atoms with van der Waals surface area (Å²) in [4.78, 5) is 16.6. The van der Waals surface area contributed by atoms with Crippen LogP contribution in [0, 0.1) is 0 Å². The van der Waals surface area contributed by atoms with Gasteiger partial charge in [0.2, 0.25) is 5.91 Å². The van der Waals surface area contributed by atoms with Crippen molar-refractivity contribution in [2.75, 3.05) is 13.2 Å². The molecule has 2 heterocycles. The van der Waals surface area contributed by atoms with Crippen LogP contribution in [0.25, 0.3) is 10.4 Å². The fourth-order valence-electron chi connectivity index (χ4n) is 4.71. The first-order valence-electron chi connectivity index (χ1n) is 10.7. The topological polar surface area (TPSA) is 40.5 Å². The third-order valence-electron chi connectivity index (χ3n) is 6.51. The van der Waals surface area contributed by atoms with Gasteiger partial charge in [0.25, 0.3) is 0 Å². The van der Waals surface area contributed by atoms with Crippen LogP contribution in [0.1, 0.15) is 49.8 Å². The summed E-state index contributed by atoms with van der Waals surface area (Å²) in [5, 5.41) is 11.5. The Morgan fingerprint density at radius 2 is 1.83 bits per heavy atom. The van der Waals surface area contributed by atoms with E-state index in [2.05, 4.69) is 60.8 Å². The first kappa shape index (κ1) is 20.8. The number of aliphatic hydroxyl groups is 1. The number of nitrogens with zero attached hydrogens (tertiary/aromatic N) is 1. The molecule has 1 N–H and O–H groups in total. The van der Waals surface area contributed by atoms with Crippen molar-refractivity contribution < 1.29 is 9.90 Å². The number of hydrogen-bond acceptors (Lipinski definition) is 3. The van der Waals surface area contributed by atoms with Crippen molar-refractivity contribution in [1.29, 1.82) is 0 Å². The molecule has 4 heteroatoms. The van der Waals surface area contributed by atoms with E-state index >= 15 is 0 Å². The lowest BCUT2D eigenvalue weighted by Crippen LogP contribution is -2.47. The minimum absolute atomic E-state index is 0.0569. The Kier molecular flexibility index (Phi) is 6.35. The average molecular weight is 420 g/mol. The molecule has 1 aromatic heterocycles. The molecule has 2 atom stereocenters. The molecule has 0 aliphatic carbocycles. The zero-order chi connectivity index (χ0) is 21.0. The second kappa shape index (κ2) is 9.15.